The molecule has 3 unspecified atom stereocenters. The van der Waals surface area contributed by atoms with Crippen LogP contribution >= 0.6 is 0 Å². The molecular formula is C16H24N4O2. The zero-order valence-electron chi connectivity index (χ0n) is 12.9. The van der Waals surface area contributed by atoms with Gasteiger partial charge in [0.25, 0.3) is 0 Å². The van der Waals surface area contributed by atoms with Gasteiger partial charge in [-0.05, 0) is 42.9 Å². The molecule has 6 nitrogen and oxygen atoms in total. The number of aromatic nitrogens is 1. The molecule has 1 aliphatic carbocycles. The van der Waals surface area contributed by atoms with Crippen LogP contribution in [0, 0.1) is 11.8 Å². The van der Waals surface area contributed by atoms with E-state index in [1.54, 1.807) is 12.4 Å². The fourth-order valence-electron chi connectivity index (χ4n) is 2.92. The minimum absolute atomic E-state index is 0.0613. The predicted octanol–water partition coefficient (Wildman–Crippen LogP) is 1.13. The topological polar surface area (TPSA) is 75.3 Å². The first-order valence-electron chi connectivity index (χ1n) is 8.06. The molecule has 1 aromatic rings. The van der Waals surface area contributed by atoms with E-state index in [2.05, 4.69) is 28.1 Å². The van der Waals surface area contributed by atoms with Crippen molar-refractivity contribution in [1.82, 2.24) is 21.2 Å². The molecule has 0 spiro atoms. The summed E-state index contributed by atoms with van der Waals surface area (Å²) in [5, 5.41) is 3.02. The number of carbonyl (C=O) groups is 1. The lowest BCUT2D eigenvalue weighted by molar-refractivity contribution is -0.127. The van der Waals surface area contributed by atoms with Crippen LogP contribution in [0.3, 0.4) is 0 Å². The van der Waals surface area contributed by atoms with E-state index in [0.29, 0.717) is 12.5 Å². The van der Waals surface area contributed by atoms with E-state index in [9.17, 15) is 4.79 Å². The Morgan fingerprint density at radius 2 is 2.14 bits per heavy atom. The number of ether oxygens (including phenoxy) is 1. The summed E-state index contributed by atoms with van der Waals surface area (Å²) in [5.74, 6) is 0.905. The van der Waals surface area contributed by atoms with E-state index in [0.717, 1.165) is 6.42 Å². The van der Waals surface area contributed by atoms with Crippen molar-refractivity contribution in [2.75, 3.05) is 13.2 Å². The zero-order chi connectivity index (χ0) is 15.4. The number of nitrogens with zero attached hydrogens (tertiary/aromatic N) is 1. The summed E-state index contributed by atoms with van der Waals surface area (Å²) >= 11 is 0. The molecule has 120 valence electrons. The molecule has 3 N–H and O–H groups in total. The zero-order valence-corrected chi connectivity index (χ0v) is 12.9. The van der Waals surface area contributed by atoms with E-state index in [4.69, 9.17) is 4.74 Å². The van der Waals surface area contributed by atoms with Crippen molar-refractivity contribution in [3.8, 4) is 0 Å². The van der Waals surface area contributed by atoms with Crippen LogP contribution in [0.4, 0.5) is 0 Å². The molecule has 1 amide bonds. The Labute approximate surface area is 131 Å². The third-order valence-electron chi connectivity index (χ3n) is 4.39. The molecule has 0 aromatic carbocycles. The second-order valence-corrected chi connectivity index (χ2v) is 6.12. The Hall–Kier alpha value is -1.50. The molecule has 3 atom stereocenters. The lowest BCUT2D eigenvalue weighted by Gasteiger charge is -2.22. The number of hydrazine groups is 1. The van der Waals surface area contributed by atoms with Crippen LogP contribution in [0.1, 0.15) is 37.8 Å². The Morgan fingerprint density at radius 1 is 1.36 bits per heavy atom. The average molecular weight is 304 g/mol. The fourth-order valence-corrected chi connectivity index (χ4v) is 2.92. The van der Waals surface area contributed by atoms with Gasteiger partial charge in [0.05, 0.1) is 18.8 Å². The lowest BCUT2D eigenvalue weighted by atomic mass is 9.91. The van der Waals surface area contributed by atoms with Crippen molar-refractivity contribution < 1.29 is 9.53 Å². The highest BCUT2D eigenvalue weighted by Crippen LogP contribution is 2.30. The molecule has 0 bridgehead atoms. The predicted molar refractivity (Wildman–Crippen MR) is 82.5 cm³/mol. The standard InChI is InChI=1S/C16H24N4O2/c1-2-13-15(12-5-7-17-8-6-12)19-20-16(13)18-14(21)10-22-9-11-3-4-11/h5-8,11,13,15-16,19-20H,2-4,9-10H2,1H3,(H,18,21). The van der Waals surface area contributed by atoms with Crippen molar-refractivity contribution in [1.29, 1.82) is 0 Å². The molecular weight excluding hydrogens is 280 g/mol. The van der Waals surface area contributed by atoms with Gasteiger partial charge in [0.1, 0.15) is 6.61 Å². The summed E-state index contributed by atoms with van der Waals surface area (Å²) in [6, 6.07) is 4.18. The van der Waals surface area contributed by atoms with Crippen LogP contribution in [0.25, 0.3) is 0 Å². The molecule has 1 saturated heterocycles. The number of pyridine rings is 1. The lowest BCUT2D eigenvalue weighted by Crippen LogP contribution is -2.48. The van der Waals surface area contributed by atoms with Crippen LogP contribution in [0.15, 0.2) is 24.5 Å². The normalized spacial score (nSPS) is 27.8. The quantitative estimate of drug-likeness (QED) is 0.704. The molecule has 2 aliphatic rings. The Morgan fingerprint density at radius 3 is 2.82 bits per heavy atom. The van der Waals surface area contributed by atoms with Gasteiger partial charge >= 0.3 is 0 Å². The maximum atomic E-state index is 12.0. The highest BCUT2D eigenvalue weighted by molar-refractivity contribution is 5.77. The largest absolute Gasteiger partial charge is 0.371 e. The molecule has 1 saturated carbocycles. The van der Waals surface area contributed by atoms with Gasteiger partial charge in [-0.3, -0.25) is 9.78 Å². The van der Waals surface area contributed by atoms with Crippen molar-refractivity contribution in [2.24, 2.45) is 11.8 Å². The first-order chi connectivity index (χ1) is 10.8. The van der Waals surface area contributed by atoms with E-state index in [-0.39, 0.29) is 30.6 Å². The van der Waals surface area contributed by atoms with Gasteiger partial charge in [0, 0.05) is 18.3 Å². The molecule has 0 radical (unpaired) electrons. The van der Waals surface area contributed by atoms with Crippen LogP contribution in [0.2, 0.25) is 0 Å². The maximum absolute atomic E-state index is 12.0. The van der Waals surface area contributed by atoms with E-state index in [1.807, 2.05) is 12.1 Å². The first kappa shape index (κ1) is 15.4. The van der Waals surface area contributed by atoms with Gasteiger partial charge in [-0.15, -0.1) is 0 Å². The monoisotopic (exact) mass is 304 g/mol. The average Bonchev–Trinajstić information content (AvgIpc) is 3.27. The third-order valence-corrected chi connectivity index (χ3v) is 4.39. The molecule has 2 heterocycles. The minimum atomic E-state index is -0.0832. The first-order valence-corrected chi connectivity index (χ1v) is 8.06. The second-order valence-electron chi connectivity index (χ2n) is 6.12. The number of amides is 1. The SMILES string of the molecule is CCC1C(NC(=O)COCC2CC2)NNC1c1ccncc1. The molecule has 1 aromatic heterocycles. The molecule has 2 fully saturated rings. The van der Waals surface area contributed by atoms with Crippen molar-refractivity contribution in [2.45, 2.75) is 38.4 Å². The number of rotatable bonds is 7. The van der Waals surface area contributed by atoms with Crippen LogP contribution < -0.4 is 16.2 Å². The number of hydrogen-bond acceptors (Lipinski definition) is 5. The fraction of sp³-hybridized carbons (Fsp3) is 0.625. The molecule has 1 aliphatic heterocycles. The molecule has 3 rings (SSSR count). The maximum Gasteiger partial charge on any atom is 0.247 e. The number of hydrogen-bond donors (Lipinski definition) is 3. The summed E-state index contributed by atoms with van der Waals surface area (Å²) in [6.45, 7) is 2.99. The van der Waals surface area contributed by atoms with Crippen LogP contribution in [-0.4, -0.2) is 30.3 Å². The Bertz CT molecular complexity index is 492. The molecule has 22 heavy (non-hydrogen) atoms. The Balaban J connectivity index is 1.51. The highest BCUT2D eigenvalue weighted by atomic mass is 16.5. The highest BCUT2D eigenvalue weighted by Gasteiger charge is 2.36. The summed E-state index contributed by atoms with van der Waals surface area (Å²) in [6.07, 6.45) is 6.94. The van der Waals surface area contributed by atoms with Gasteiger partial charge in [-0.2, -0.15) is 0 Å². The molecule has 6 heteroatoms. The summed E-state index contributed by atoms with van der Waals surface area (Å²) in [7, 11) is 0. The van der Waals surface area contributed by atoms with Gasteiger partial charge in [0.15, 0.2) is 0 Å². The minimum Gasteiger partial charge on any atom is -0.371 e. The van der Waals surface area contributed by atoms with Gasteiger partial charge in [-0.25, -0.2) is 10.9 Å². The van der Waals surface area contributed by atoms with E-state index >= 15 is 0 Å². The van der Waals surface area contributed by atoms with Crippen molar-refractivity contribution >= 4 is 5.91 Å². The Kier molecular flexibility index (Phi) is 5.02. The van der Waals surface area contributed by atoms with Crippen molar-refractivity contribution in [3.05, 3.63) is 30.1 Å². The van der Waals surface area contributed by atoms with Gasteiger partial charge < -0.3 is 10.1 Å². The number of carbonyl (C=O) groups excluding carboxylic acids is 1. The van der Waals surface area contributed by atoms with Crippen molar-refractivity contribution in [3.63, 3.8) is 0 Å². The van der Waals surface area contributed by atoms with Gasteiger partial charge in [-0.1, -0.05) is 6.92 Å². The number of nitrogens with one attached hydrogen (secondary N) is 3. The van der Waals surface area contributed by atoms with Crippen LogP contribution in [-0.2, 0) is 9.53 Å². The van der Waals surface area contributed by atoms with Gasteiger partial charge in [0.2, 0.25) is 5.91 Å². The van der Waals surface area contributed by atoms with E-state index in [1.165, 1.54) is 18.4 Å². The van der Waals surface area contributed by atoms with E-state index < -0.39 is 0 Å². The summed E-state index contributed by atoms with van der Waals surface area (Å²) < 4.78 is 5.44. The third kappa shape index (κ3) is 3.82. The second kappa shape index (κ2) is 7.17. The van der Waals surface area contributed by atoms with Crippen LogP contribution in [0.5, 0.6) is 0 Å². The summed E-state index contributed by atoms with van der Waals surface area (Å²) in [5.41, 5.74) is 7.65. The summed E-state index contributed by atoms with van der Waals surface area (Å²) in [4.78, 5) is 16.0. The smallest absolute Gasteiger partial charge is 0.247 e.